The maximum absolute atomic E-state index is 12.4. The predicted octanol–water partition coefficient (Wildman–Crippen LogP) is 2.58. The van der Waals surface area contributed by atoms with E-state index in [0.29, 0.717) is 37.4 Å². The number of aryl methyl sites for hydroxylation is 1. The summed E-state index contributed by atoms with van der Waals surface area (Å²) in [4.78, 5) is 26.4. The van der Waals surface area contributed by atoms with Crippen molar-refractivity contribution in [2.45, 2.75) is 45.9 Å². The van der Waals surface area contributed by atoms with Gasteiger partial charge in [-0.1, -0.05) is 18.7 Å². The number of hydrogen-bond donors (Lipinski definition) is 1. The molecule has 2 heterocycles. The molecule has 136 valence electrons. The van der Waals surface area contributed by atoms with Crippen molar-refractivity contribution in [3.63, 3.8) is 0 Å². The molecule has 0 unspecified atom stereocenters. The van der Waals surface area contributed by atoms with Crippen LogP contribution >= 0.6 is 0 Å². The number of nitrogens with zero attached hydrogens (tertiary/aromatic N) is 3. The molecule has 0 aliphatic carbocycles. The van der Waals surface area contributed by atoms with Gasteiger partial charge in [0.15, 0.2) is 5.69 Å². The van der Waals surface area contributed by atoms with Crippen LogP contribution in [0, 0.1) is 0 Å². The molecule has 0 bridgehead atoms. The van der Waals surface area contributed by atoms with Gasteiger partial charge in [-0.15, -0.1) is 6.58 Å². The molecule has 0 atom stereocenters. The van der Waals surface area contributed by atoms with E-state index in [4.69, 9.17) is 4.74 Å². The Labute approximate surface area is 148 Å². The smallest absolute Gasteiger partial charge is 0.410 e. The van der Waals surface area contributed by atoms with Gasteiger partial charge < -0.3 is 15.0 Å². The first-order valence-electron chi connectivity index (χ1n) is 8.36. The van der Waals surface area contributed by atoms with Crippen LogP contribution in [0.2, 0.25) is 0 Å². The fourth-order valence-corrected chi connectivity index (χ4v) is 2.65. The number of ether oxygens (including phenoxy) is 1. The second-order valence-corrected chi connectivity index (χ2v) is 6.89. The monoisotopic (exact) mass is 346 g/mol. The lowest BCUT2D eigenvalue weighted by Crippen LogP contribution is -2.36. The molecule has 0 spiro atoms. The summed E-state index contributed by atoms with van der Waals surface area (Å²) in [6.07, 6.45) is 3.59. The van der Waals surface area contributed by atoms with Crippen molar-refractivity contribution in [1.82, 2.24) is 20.0 Å². The van der Waals surface area contributed by atoms with E-state index in [0.717, 1.165) is 12.1 Å². The highest BCUT2D eigenvalue weighted by Crippen LogP contribution is 2.23. The topological polar surface area (TPSA) is 76.5 Å². The van der Waals surface area contributed by atoms with Crippen molar-refractivity contribution in [3.05, 3.63) is 36.2 Å². The Morgan fingerprint density at radius 3 is 2.64 bits per heavy atom. The maximum Gasteiger partial charge on any atom is 0.410 e. The molecule has 25 heavy (non-hydrogen) atoms. The molecule has 7 nitrogen and oxygen atoms in total. The van der Waals surface area contributed by atoms with Crippen molar-refractivity contribution in [3.8, 4) is 0 Å². The van der Waals surface area contributed by atoms with Gasteiger partial charge >= 0.3 is 6.09 Å². The van der Waals surface area contributed by atoms with Crippen molar-refractivity contribution in [1.29, 1.82) is 0 Å². The van der Waals surface area contributed by atoms with Crippen molar-refractivity contribution >= 4 is 18.1 Å². The van der Waals surface area contributed by atoms with E-state index < -0.39 is 5.60 Å². The second kappa shape index (κ2) is 7.55. The lowest BCUT2D eigenvalue weighted by atomic mass is 10.1. The van der Waals surface area contributed by atoms with Gasteiger partial charge in [-0.2, -0.15) is 5.10 Å². The molecule has 1 aliphatic rings. The zero-order valence-electron chi connectivity index (χ0n) is 15.2. The summed E-state index contributed by atoms with van der Waals surface area (Å²) in [7, 11) is 0. The van der Waals surface area contributed by atoms with Crippen LogP contribution in [0.1, 0.15) is 48.9 Å². The lowest BCUT2D eigenvalue weighted by Gasteiger charge is -2.26. The predicted molar refractivity (Wildman–Crippen MR) is 96.1 cm³/mol. The van der Waals surface area contributed by atoms with E-state index >= 15 is 0 Å². The van der Waals surface area contributed by atoms with Crippen molar-refractivity contribution < 1.29 is 14.3 Å². The number of amides is 2. The Morgan fingerprint density at radius 1 is 1.32 bits per heavy atom. The largest absolute Gasteiger partial charge is 0.444 e. The molecule has 1 aliphatic heterocycles. The van der Waals surface area contributed by atoms with Crippen molar-refractivity contribution in [2.75, 3.05) is 13.1 Å². The standard InChI is InChI=1S/C18H26N4O3/c1-6-9-19-16(23)15-13(7-2)14-12-21(10-8-11-22(14)20-15)17(24)25-18(3,4)5/h6-7H,1-2,8-12H2,3-5H3,(H,19,23). The average molecular weight is 346 g/mol. The van der Waals surface area contributed by atoms with Gasteiger partial charge in [0.05, 0.1) is 12.2 Å². The molecule has 1 N–H and O–H groups in total. The highest BCUT2D eigenvalue weighted by Gasteiger charge is 2.28. The molecule has 2 amide bonds. The first-order chi connectivity index (χ1) is 11.8. The number of aromatic nitrogens is 2. The Hall–Kier alpha value is -2.57. The van der Waals surface area contributed by atoms with Crippen LogP contribution in [-0.2, 0) is 17.8 Å². The molecule has 1 aromatic heterocycles. The van der Waals surface area contributed by atoms with Crippen LogP contribution in [-0.4, -0.2) is 45.4 Å². The van der Waals surface area contributed by atoms with E-state index in [-0.39, 0.29) is 12.0 Å². The van der Waals surface area contributed by atoms with Crippen LogP contribution in [0.4, 0.5) is 4.79 Å². The van der Waals surface area contributed by atoms with Crippen LogP contribution in [0.15, 0.2) is 19.2 Å². The highest BCUT2D eigenvalue weighted by atomic mass is 16.6. The van der Waals surface area contributed by atoms with Gasteiger partial charge in [-0.3, -0.25) is 9.48 Å². The minimum absolute atomic E-state index is 0.279. The Bertz CT molecular complexity index is 685. The molecule has 0 saturated carbocycles. The minimum atomic E-state index is -0.555. The summed E-state index contributed by atoms with van der Waals surface area (Å²) >= 11 is 0. The summed E-state index contributed by atoms with van der Waals surface area (Å²) in [6, 6.07) is 0. The number of fused-ring (bicyclic) bond motifs is 1. The molecule has 0 aromatic carbocycles. The second-order valence-electron chi connectivity index (χ2n) is 6.89. The summed E-state index contributed by atoms with van der Waals surface area (Å²) in [5.74, 6) is -0.279. The molecule has 0 fully saturated rings. The van der Waals surface area contributed by atoms with Crippen LogP contribution < -0.4 is 5.32 Å². The zero-order chi connectivity index (χ0) is 18.6. The molecular formula is C18H26N4O3. The molecule has 0 radical (unpaired) electrons. The molecule has 2 rings (SSSR count). The summed E-state index contributed by atoms with van der Waals surface area (Å²) < 4.78 is 7.25. The number of carbonyl (C=O) groups excluding carboxylic acids is 2. The van der Waals surface area contributed by atoms with Gasteiger partial charge in [-0.05, 0) is 27.2 Å². The van der Waals surface area contributed by atoms with Gasteiger partial charge in [-0.25, -0.2) is 4.79 Å². The first-order valence-corrected chi connectivity index (χ1v) is 8.36. The van der Waals surface area contributed by atoms with E-state index in [1.807, 2.05) is 20.8 Å². The normalized spacial score (nSPS) is 14.3. The Kier molecular flexibility index (Phi) is 5.66. The van der Waals surface area contributed by atoms with E-state index in [1.165, 1.54) is 0 Å². The summed E-state index contributed by atoms with van der Waals surface area (Å²) in [5.41, 5.74) is 1.21. The van der Waals surface area contributed by atoms with Crippen LogP contribution in [0.3, 0.4) is 0 Å². The number of nitrogens with one attached hydrogen (secondary N) is 1. The average Bonchev–Trinajstić information content (AvgIpc) is 2.73. The number of hydrogen-bond acceptors (Lipinski definition) is 4. The zero-order valence-corrected chi connectivity index (χ0v) is 15.2. The fourth-order valence-electron chi connectivity index (χ4n) is 2.65. The third kappa shape index (κ3) is 4.49. The van der Waals surface area contributed by atoms with Crippen molar-refractivity contribution in [2.24, 2.45) is 0 Å². The summed E-state index contributed by atoms with van der Waals surface area (Å²) in [5, 5.41) is 7.15. The Morgan fingerprint density at radius 2 is 2.04 bits per heavy atom. The molecule has 1 aromatic rings. The van der Waals surface area contributed by atoms with Gasteiger partial charge in [0.1, 0.15) is 5.60 Å². The fraction of sp³-hybridized carbons (Fsp3) is 0.500. The number of carbonyl (C=O) groups is 2. The number of rotatable bonds is 4. The third-order valence-corrected chi connectivity index (χ3v) is 3.71. The van der Waals surface area contributed by atoms with Crippen LogP contribution in [0.5, 0.6) is 0 Å². The third-order valence-electron chi connectivity index (χ3n) is 3.71. The van der Waals surface area contributed by atoms with Crippen LogP contribution in [0.25, 0.3) is 6.08 Å². The highest BCUT2D eigenvalue weighted by molar-refractivity contribution is 5.96. The van der Waals surface area contributed by atoms with E-state index in [2.05, 4.69) is 23.6 Å². The SMILES string of the molecule is C=CCNC(=O)c1nn2c(c1C=C)CN(C(=O)OC(C)(C)C)CCC2. The molecule has 0 saturated heterocycles. The van der Waals surface area contributed by atoms with Gasteiger partial charge in [0.2, 0.25) is 0 Å². The lowest BCUT2D eigenvalue weighted by molar-refractivity contribution is 0.0236. The Balaban J connectivity index is 2.28. The minimum Gasteiger partial charge on any atom is -0.444 e. The summed E-state index contributed by atoms with van der Waals surface area (Å²) in [6.45, 7) is 14.8. The maximum atomic E-state index is 12.4. The van der Waals surface area contributed by atoms with Gasteiger partial charge in [0.25, 0.3) is 5.91 Å². The quantitative estimate of drug-likeness (QED) is 0.850. The van der Waals surface area contributed by atoms with E-state index in [1.54, 1.807) is 21.7 Å². The van der Waals surface area contributed by atoms with E-state index in [9.17, 15) is 9.59 Å². The molecular weight excluding hydrogens is 320 g/mol. The molecule has 7 heteroatoms. The van der Waals surface area contributed by atoms with Gasteiger partial charge in [0, 0.05) is 25.2 Å². The first kappa shape index (κ1) is 18.8.